The number of hydrogen-bond donors (Lipinski definition) is 3. The van der Waals surface area contributed by atoms with Gasteiger partial charge >= 0.3 is 0 Å². The Morgan fingerprint density at radius 3 is 2.64 bits per heavy atom. The van der Waals surface area contributed by atoms with Gasteiger partial charge in [0.1, 0.15) is 0 Å². The number of guanidine groups is 1. The molecule has 6 nitrogen and oxygen atoms in total. The third-order valence-corrected chi connectivity index (χ3v) is 5.56. The maximum atomic E-state index is 12.5. The van der Waals surface area contributed by atoms with Gasteiger partial charge in [-0.2, -0.15) is 0 Å². The molecular weight excluding hydrogens is 527 g/mol. The van der Waals surface area contributed by atoms with E-state index in [9.17, 15) is 4.79 Å². The van der Waals surface area contributed by atoms with E-state index < -0.39 is 0 Å². The Kier molecular flexibility index (Phi) is 12.2. The van der Waals surface area contributed by atoms with E-state index >= 15 is 0 Å². The lowest BCUT2D eigenvalue weighted by Crippen LogP contribution is -2.42. The molecule has 0 bridgehead atoms. The second kappa shape index (κ2) is 14.9. The molecule has 3 rings (SSSR count). The molecule has 3 N–H and O–H groups in total. The lowest BCUT2D eigenvalue weighted by molar-refractivity contribution is 0.0857. The highest BCUT2D eigenvalue weighted by molar-refractivity contribution is 14.0. The molecule has 0 aliphatic carbocycles. The molecule has 2 aromatic carbocycles. The highest BCUT2D eigenvalue weighted by Gasteiger charge is 2.16. The van der Waals surface area contributed by atoms with Crippen LogP contribution in [0.4, 0.5) is 0 Å². The van der Waals surface area contributed by atoms with Crippen molar-refractivity contribution < 1.29 is 9.53 Å². The number of hydrogen-bond acceptors (Lipinski definition) is 3. The molecule has 7 heteroatoms. The van der Waals surface area contributed by atoms with E-state index in [2.05, 4.69) is 54.1 Å². The molecule has 2 atom stereocenters. The van der Waals surface area contributed by atoms with Gasteiger partial charge in [-0.1, -0.05) is 42.5 Å². The molecule has 2 aromatic rings. The van der Waals surface area contributed by atoms with Crippen molar-refractivity contribution in [3.8, 4) is 0 Å². The minimum atomic E-state index is -0.0640. The molecule has 1 aliphatic heterocycles. The zero-order valence-corrected chi connectivity index (χ0v) is 22.0. The Labute approximate surface area is 215 Å². The molecule has 0 radical (unpaired) electrons. The second-order valence-electron chi connectivity index (χ2n) is 8.31. The first-order valence-electron chi connectivity index (χ1n) is 11.7. The Balaban J connectivity index is 0.00000385. The Morgan fingerprint density at radius 2 is 1.91 bits per heavy atom. The van der Waals surface area contributed by atoms with Crippen LogP contribution in [0, 0.1) is 0 Å². The molecule has 1 fully saturated rings. The van der Waals surface area contributed by atoms with E-state index in [4.69, 9.17) is 9.73 Å². The fourth-order valence-corrected chi connectivity index (χ4v) is 3.75. The van der Waals surface area contributed by atoms with Crippen LogP contribution in [0.25, 0.3) is 0 Å². The summed E-state index contributed by atoms with van der Waals surface area (Å²) in [6.45, 7) is 6.90. The van der Waals surface area contributed by atoms with Crippen LogP contribution in [0.15, 0.2) is 59.6 Å². The molecule has 1 aliphatic rings. The predicted octanol–water partition coefficient (Wildman–Crippen LogP) is 4.29. The summed E-state index contributed by atoms with van der Waals surface area (Å²) in [4.78, 5) is 17.2. The number of nitrogens with one attached hydrogen (secondary N) is 3. The molecule has 2 unspecified atom stereocenters. The van der Waals surface area contributed by atoms with Gasteiger partial charge in [-0.3, -0.25) is 4.79 Å². The van der Waals surface area contributed by atoms with Crippen molar-refractivity contribution in [2.45, 2.75) is 58.2 Å². The van der Waals surface area contributed by atoms with E-state index in [1.807, 2.05) is 30.3 Å². The van der Waals surface area contributed by atoms with E-state index in [-0.39, 0.29) is 36.0 Å². The Bertz CT molecular complexity index is 870. The van der Waals surface area contributed by atoms with Crippen molar-refractivity contribution in [1.29, 1.82) is 0 Å². The molecule has 180 valence electrons. The summed E-state index contributed by atoms with van der Waals surface area (Å²) in [6.07, 6.45) is 4.27. The predicted molar refractivity (Wildman–Crippen MR) is 145 cm³/mol. The smallest absolute Gasteiger partial charge is 0.251 e. The van der Waals surface area contributed by atoms with Crippen LogP contribution < -0.4 is 16.0 Å². The van der Waals surface area contributed by atoms with Crippen LogP contribution >= 0.6 is 24.0 Å². The first kappa shape index (κ1) is 27.1. The average Bonchev–Trinajstić information content (AvgIpc) is 3.34. The summed E-state index contributed by atoms with van der Waals surface area (Å²) in [6, 6.07) is 18.5. The minimum absolute atomic E-state index is 0. The number of aryl methyl sites for hydroxylation is 1. The fourth-order valence-electron chi connectivity index (χ4n) is 3.75. The zero-order chi connectivity index (χ0) is 22.6. The molecule has 1 heterocycles. The number of aliphatic imine (C=N–C) groups is 1. The first-order valence-corrected chi connectivity index (χ1v) is 11.7. The highest BCUT2D eigenvalue weighted by atomic mass is 127. The number of carbonyl (C=O) groups is 1. The van der Waals surface area contributed by atoms with Gasteiger partial charge in [0, 0.05) is 31.3 Å². The first-order chi connectivity index (χ1) is 15.6. The van der Waals surface area contributed by atoms with E-state index in [1.54, 1.807) is 0 Å². The molecule has 0 spiro atoms. The van der Waals surface area contributed by atoms with Gasteiger partial charge in [0.15, 0.2) is 5.96 Å². The minimum Gasteiger partial charge on any atom is -0.376 e. The van der Waals surface area contributed by atoms with Crippen molar-refractivity contribution in [2.75, 3.05) is 19.7 Å². The zero-order valence-electron chi connectivity index (χ0n) is 19.7. The third kappa shape index (κ3) is 9.71. The summed E-state index contributed by atoms with van der Waals surface area (Å²) in [5.41, 5.74) is 3.01. The van der Waals surface area contributed by atoms with Crippen LogP contribution in [-0.2, 0) is 17.7 Å². The molecule has 33 heavy (non-hydrogen) atoms. The molecular formula is C26H37IN4O2. The molecule has 1 saturated heterocycles. The topological polar surface area (TPSA) is 74.8 Å². The quantitative estimate of drug-likeness (QED) is 0.229. The summed E-state index contributed by atoms with van der Waals surface area (Å²) in [5, 5.41) is 9.79. The monoisotopic (exact) mass is 564 g/mol. The van der Waals surface area contributed by atoms with Crippen LogP contribution in [-0.4, -0.2) is 43.7 Å². The largest absolute Gasteiger partial charge is 0.376 e. The SMILES string of the molecule is CCNC(=NCc1cccc(C(=O)NCC2CCCO2)c1)NC(C)CCc1ccccc1.I. The highest BCUT2D eigenvalue weighted by Crippen LogP contribution is 2.12. The van der Waals surface area contributed by atoms with E-state index in [0.717, 1.165) is 50.4 Å². The van der Waals surface area contributed by atoms with Gasteiger partial charge in [0.2, 0.25) is 0 Å². The maximum Gasteiger partial charge on any atom is 0.251 e. The van der Waals surface area contributed by atoms with E-state index in [1.165, 1.54) is 5.56 Å². The lowest BCUT2D eigenvalue weighted by Gasteiger charge is -2.18. The number of amides is 1. The number of halogens is 1. The van der Waals surface area contributed by atoms with Crippen LogP contribution in [0.1, 0.15) is 54.6 Å². The van der Waals surface area contributed by atoms with Crippen molar-refractivity contribution in [3.63, 3.8) is 0 Å². The van der Waals surface area contributed by atoms with Crippen molar-refractivity contribution >= 4 is 35.8 Å². The lowest BCUT2D eigenvalue weighted by atomic mass is 10.1. The molecule has 0 saturated carbocycles. The van der Waals surface area contributed by atoms with Crippen LogP contribution in [0.5, 0.6) is 0 Å². The fraction of sp³-hybridized carbons (Fsp3) is 0.462. The average molecular weight is 565 g/mol. The summed E-state index contributed by atoms with van der Waals surface area (Å²) >= 11 is 0. The van der Waals surface area contributed by atoms with Gasteiger partial charge in [-0.25, -0.2) is 4.99 Å². The molecule has 1 amide bonds. The molecule has 0 aromatic heterocycles. The van der Waals surface area contributed by atoms with Gasteiger partial charge in [-0.05, 0) is 62.8 Å². The second-order valence-corrected chi connectivity index (χ2v) is 8.31. The third-order valence-electron chi connectivity index (χ3n) is 5.56. The van der Waals surface area contributed by atoms with Crippen LogP contribution in [0.2, 0.25) is 0 Å². The van der Waals surface area contributed by atoms with Crippen molar-refractivity contribution in [1.82, 2.24) is 16.0 Å². The van der Waals surface area contributed by atoms with Crippen molar-refractivity contribution in [3.05, 3.63) is 71.3 Å². The summed E-state index contributed by atoms with van der Waals surface area (Å²) in [5.74, 6) is 0.729. The Hall–Kier alpha value is -2.13. The standard InChI is InChI=1S/C26H36N4O2.HI/c1-3-27-26(30-20(2)14-15-21-9-5-4-6-10-21)29-18-22-11-7-12-23(17-22)25(31)28-19-24-13-8-16-32-24;/h4-7,9-12,17,20,24H,3,8,13-16,18-19H2,1-2H3,(H,28,31)(H2,27,29,30);1H. The van der Waals surface area contributed by atoms with Crippen molar-refractivity contribution in [2.24, 2.45) is 4.99 Å². The Morgan fingerprint density at radius 1 is 1.12 bits per heavy atom. The normalized spacial score (nSPS) is 16.5. The van der Waals surface area contributed by atoms with Gasteiger partial charge in [0.05, 0.1) is 12.6 Å². The number of ether oxygens (including phenoxy) is 1. The van der Waals surface area contributed by atoms with Gasteiger partial charge in [0.25, 0.3) is 5.91 Å². The maximum absolute atomic E-state index is 12.5. The van der Waals surface area contributed by atoms with Gasteiger partial charge in [-0.15, -0.1) is 24.0 Å². The summed E-state index contributed by atoms with van der Waals surface area (Å²) in [7, 11) is 0. The van der Waals surface area contributed by atoms with Crippen LogP contribution in [0.3, 0.4) is 0 Å². The van der Waals surface area contributed by atoms with E-state index in [0.29, 0.717) is 24.7 Å². The van der Waals surface area contributed by atoms with Gasteiger partial charge < -0.3 is 20.7 Å². The number of nitrogens with zero attached hydrogens (tertiary/aromatic N) is 1. The number of rotatable bonds is 10. The number of carbonyl (C=O) groups excluding carboxylic acids is 1. The summed E-state index contributed by atoms with van der Waals surface area (Å²) < 4.78 is 5.58. The number of benzene rings is 2.